The molecule has 0 bridgehead atoms. The molecule has 27 heavy (non-hydrogen) atoms. The van der Waals surface area contributed by atoms with Gasteiger partial charge in [0.15, 0.2) is 0 Å². The summed E-state index contributed by atoms with van der Waals surface area (Å²) in [5.74, 6) is 0.926. The monoisotopic (exact) mass is 368 g/mol. The molecule has 0 aliphatic carbocycles. The van der Waals surface area contributed by atoms with Crippen LogP contribution in [0.5, 0.6) is 5.75 Å². The minimum atomic E-state index is 0.0802. The van der Waals surface area contributed by atoms with Crippen molar-refractivity contribution >= 4 is 11.6 Å². The number of carbonyl (C=O) groups is 1. The molecule has 1 heterocycles. The Hall–Kier alpha value is -2.53. The zero-order valence-electron chi connectivity index (χ0n) is 15.7. The van der Waals surface area contributed by atoms with Gasteiger partial charge in [0.05, 0.1) is 19.8 Å². The summed E-state index contributed by atoms with van der Waals surface area (Å²) in [5.41, 5.74) is 2.48. The molecule has 1 saturated heterocycles. The van der Waals surface area contributed by atoms with E-state index in [-0.39, 0.29) is 5.91 Å². The molecule has 144 valence electrons. The predicted molar refractivity (Wildman–Crippen MR) is 107 cm³/mol. The average Bonchev–Trinajstić information content (AvgIpc) is 2.73. The van der Waals surface area contributed by atoms with E-state index in [4.69, 9.17) is 9.47 Å². The van der Waals surface area contributed by atoms with Gasteiger partial charge < -0.3 is 19.7 Å². The Morgan fingerprint density at radius 2 is 1.78 bits per heavy atom. The number of para-hydroxylation sites is 1. The summed E-state index contributed by atoms with van der Waals surface area (Å²) in [5, 5.41) is 2.99. The van der Waals surface area contributed by atoms with Gasteiger partial charge in [0.1, 0.15) is 5.75 Å². The molecule has 0 aromatic heterocycles. The van der Waals surface area contributed by atoms with Gasteiger partial charge in [-0.2, -0.15) is 0 Å². The molecule has 1 aliphatic heterocycles. The highest BCUT2D eigenvalue weighted by molar-refractivity contribution is 5.75. The van der Waals surface area contributed by atoms with E-state index in [0.29, 0.717) is 19.6 Å². The van der Waals surface area contributed by atoms with E-state index in [1.165, 1.54) is 11.3 Å². The third-order valence-corrected chi connectivity index (χ3v) is 4.61. The van der Waals surface area contributed by atoms with Crippen LogP contribution in [0.2, 0.25) is 0 Å². The number of anilines is 1. The lowest BCUT2D eigenvalue weighted by atomic mass is 10.1. The molecule has 0 unspecified atom stereocenters. The van der Waals surface area contributed by atoms with Crippen LogP contribution in [0.25, 0.3) is 0 Å². The summed E-state index contributed by atoms with van der Waals surface area (Å²) in [6.07, 6.45) is 2.05. The number of rotatable bonds is 9. The molecule has 5 heteroatoms. The van der Waals surface area contributed by atoms with Crippen LogP contribution in [-0.2, 0) is 16.0 Å². The quantitative estimate of drug-likeness (QED) is 0.691. The largest absolute Gasteiger partial charge is 0.494 e. The first-order valence-electron chi connectivity index (χ1n) is 9.67. The van der Waals surface area contributed by atoms with Crippen LogP contribution < -0.4 is 15.0 Å². The smallest absolute Gasteiger partial charge is 0.220 e. The third-order valence-electron chi connectivity index (χ3n) is 4.61. The fraction of sp³-hybridized carbons (Fsp3) is 0.409. The van der Waals surface area contributed by atoms with E-state index in [9.17, 15) is 4.79 Å². The number of hydrogen-bond acceptors (Lipinski definition) is 4. The van der Waals surface area contributed by atoms with Crippen LogP contribution in [0.4, 0.5) is 5.69 Å². The Kier molecular flexibility index (Phi) is 7.54. The van der Waals surface area contributed by atoms with E-state index in [2.05, 4.69) is 34.5 Å². The van der Waals surface area contributed by atoms with Gasteiger partial charge in [-0.3, -0.25) is 4.79 Å². The SMILES string of the molecule is O=C(CCCOc1ccccc1)NCCc1ccc(N2CCOCC2)cc1. The Bertz CT molecular complexity index is 682. The predicted octanol–water partition coefficient (Wildman–Crippen LogP) is 3.04. The van der Waals surface area contributed by atoms with Gasteiger partial charge in [-0.15, -0.1) is 0 Å². The zero-order valence-corrected chi connectivity index (χ0v) is 15.7. The average molecular weight is 368 g/mol. The zero-order chi connectivity index (χ0) is 18.7. The van der Waals surface area contributed by atoms with Crippen molar-refractivity contribution in [3.05, 3.63) is 60.2 Å². The fourth-order valence-corrected chi connectivity index (χ4v) is 3.07. The molecule has 1 amide bonds. The maximum Gasteiger partial charge on any atom is 0.220 e. The number of hydrogen-bond donors (Lipinski definition) is 1. The van der Waals surface area contributed by atoms with Crippen LogP contribution >= 0.6 is 0 Å². The van der Waals surface area contributed by atoms with Gasteiger partial charge >= 0.3 is 0 Å². The second kappa shape index (κ2) is 10.6. The maximum absolute atomic E-state index is 11.9. The van der Waals surface area contributed by atoms with Crippen molar-refractivity contribution in [1.82, 2.24) is 5.32 Å². The first-order chi connectivity index (χ1) is 13.3. The minimum Gasteiger partial charge on any atom is -0.494 e. The topological polar surface area (TPSA) is 50.8 Å². The van der Waals surface area contributed by atoms with Gasteiger partial charge in [0.25, 0.3) is 0 Å². The second-order valence-electron chi connectivity index (χ2n) is 6.63. The number of benzene rings is 2. The van der Waals surface area contributed by atoms with Crippen molar-refractivity contribution in [3.8, 4) is 5.75 Å². The molecular weight excluding hydrogens is 340 g/mol. The van der Waals surface area contributed by atoms with Crippen molar-refractivity contribution in [2.45, 2.75) is 19.3 Å². The number of amides is 1. The van der Waals surface area contributed by atoms with E-state index in [0.717, 1.165) is 44.9 Å². The molecule has 1 aliphatic rings. The molecule has 0 atom stereocenters. The maximum atomic E-state index is 11.9. The van der Waals surface area contributed by atoms with Crippen molar-refractivity contribution in [2.75, 3.05) is 44.4 Å². The Morgan fingerprint density at radius 3 is 2.52 bits per heavy atom. The normalized spacial score (nSPS) is 14.0. The van der Waals surface area contributed by atoms with Gasteiger partial charge in [0, 0.05) is 31.7 Å². The van der Waals surface area contributed by atoms with Crippen LogP contribution in [0, 0.1) is 0 Å². The van der Waals surface area contributed by atoms with Gasteiger partial charge in [-0.05, 0) is 42.7 Å². The van der Waals surface area contributed by atoms with Crippen LogP contribution in [0.1, 0.15) is 18.4 Å². The van der Waals surface area contributed by atoms with Crippen molar-refractivity contribution in [1.29, 1.82) is 0 Å². The number of morpholine rings is 1. The summed E-state index contributed by atoms with van der Waals surface area (Å²) in [6.45, 7) is 4.71. The van der Waals surface area contributed by atoms with E-state index >= 15 is 0 Å². The molecule has 0 saturated carbocycles. The Labute approximate surface area is 161 Å². The number of ether oxygens (including phenoxy) is 2. The molecule has 0 radical (unpaired) electrons. The molecular formula is C22H28N2O3. The van der Waals surface area contributed by atoms with E-state index < -0.39 is 0 Å². The highest BCUT2D eigenvalue weighted by atomic mass is 16.5. The first-order valence-corrected chi connectivity index (χ1v) is 9.67. The standard InChI is InChI=1S/C22H28N2O3/c25-22(7-4-16-27-21-5-2-1-3-6-21)23-13-12-19-8-10-20(11-9-19)24-14-17-26-18-15-24/h1-3,5-6,8-11H,4,7,12-18H2,(H,23,25). The Balaban J connectivity index is 1.29. The van der Waals surface area contributed by atoms with Gasteiger partial charge in [-0.1, -0.05) is 30.3 Å². The fourth-order valence-electron chi connectivity index (χ4n) is 3.07. The minimum absolute atomic E-state index is 0.0802. The first kappa shape index (κ1) is 19.2. The lowest BCUT2D eigenvalue weighted by Crippen LogP contribution is -2.36. The number of carbonyl (C=O) groups excluding carboxylic acids is 1. The van der Waals surface area contributed by atoms with Crippen LogP contribution in [-0.4, -0.2) is 45.4 Å². The molecule has 2 aromatic carbocycles. The highest BCUT2D eigenvalue weighted by Gasteiger charge is 2.10. The summed E-state index contributed by atoms with van der Waals surface area (Å²) >= 11 is 0. The van der Waals surface area contributed by atoms with Gasteiger partial charge in [-0.25, -0.2) is 0 Å². The summed E-state index contributed by atoms with van der Waals surface area (Å²) in [4.78, 5) is 14.3. The lowest BCUT2D eigenvalue weighted by molar-refractivity contribution is -0.121. The second-order valence-corrected chi connectivity index (χ2v) is 6.63. The summed E-state index contributed by atoms with van der Waals surface area (Å²) < 4.78 is 11.0. The van der Waals surface area contributed by atoms with Crippen molar-refractivity contribution in [3.63, 3.8) is 0 Å². The summed E-state index contributed by atoms with van der Waals surface area (Å²) in [6, 6.07) is 18.3. The number of nitrogens with zero attached hydrogens (tertiary/aromatic N) is 1. The summed E-state index contributed by atoms with van der Waals surface area (Å²) in [7, 11) is 0. The molecule has 0 spiro atoms. The molecule has 3 rings (SSSR count). The van der Waals surface area contributed by atoms with Crippen molar-refractivity contribution < 1.29 is 14.3 Å². The van der Waals surface area contributed by atoms with Crippen LogP contribution in [0.15, 0.2) is 54.6 Å². The van der Waals surface area contributed by atoms with Crippen molar-refractivity contribution in [2.24, 2.45) is 0 Å². The molecule has 5 nitrogen and oxygen atoms in total. The van der Waals surface area contributed by atoms with E-state index in [1.807, 2.05) is 30.3 Å². The van der Waals surface area contributed by atoms with E-state index in [1.54, 1.807) is 0 Å². The lowest BCUT2D eigenvalue weighted by Gasteiger charge is -2.28. The number of nitrogens with one attached hydrogen (secondary N) is 1. The highest BCUT2D eigenvalue weighted by Crippen LogP contribution is 2.16. The van der Waals surface area contributed by atoms with Gasteiger partial charge in [0.2, 0.25) is 5.91 Å². The molecule has 1 N–H and O–H groups in total. The molecule has 2 aromatic rings. The third kappa shape index (κ3) is 6.61. The van der Waals surface area contributed by atoms with Crippen LogP contribution in [0.3, 0.4) is 0 Å². The Morgan fingerprint density at radius 1 is 1.04 bits per heavy atom. The molecule has 1 fully saturated rings.